The molecule has 2 rings (SSSR count). The Kier molecular flexibility index (Phi) is 5.83. The maximum absolute atomic E-state index is 12.4. The van der Waals surface area contributed by atoms with Crippen molar-refractivity contribution in [1.29, 1.82) is 0 Å². The predicted molar refractivity (Wildman–Crippen MR) is 89.4 cm³/mol. The lowest BCUT2D eigenvalue weighted by molar-refractivity contribution is -0.132. The highest BCUT2D eigenvalue weighted by Crippen LogP contribution is 2.24. The van der Waals surface area contributed by atoms with Gasteiger partial charge in [0.2, 0.25) is 5.91 Å². The van der Waals surface area contributed by atoms with Crippen molar-refractivity contribution < 1.29 is 9.53 Å². The van der Waals surface area contributed by atoms with Crippen molar-refractivity contribution in [2.75, 3.05) is 26.7 Å². The minimum absolute atomic E-state index is 0.208. The molecule has 122 valence electrons. The normalized spacial score (nSPS) is 17.8. The van der Waals surface area contributed by atoms with Crippen LogP contribution in [-0.2, 0) is 4.79 Å². The van der Waals surface area contributed by atoms with E-state index in [9.17, 15) is 4.79 Å². The summed E-state index contributed by atoms with van der Waals surface area (Å²) in [6.07, 6.45) is 2.66. The summed E-state index contributed by atoms with van der Waals surface area (Å²) in [7, 11) is 1.94. The number of aryl methyl sites for hydroxylation is 2. The van der Waals surface area contributed by atoms with Gasteiger partial charge < -0.3 is 15.0 Å². The molecule has 1 atom stereocenters. The third-order valence-corrected chi connectivity index (χ3v) is 4.47. The maximum atomic E-state index is 12.4. The van der Waals surface area contributed by atoms with Crippen molar-refractivity contribution in [2.24, 2.45) is 0 Å². The molecule has 0 saturated carbocycles. The second-order valence-electron chi connectivity index (χ2n) is 6.24. The minimum atomic E-state index is 0.208. The summed E-state index contributed by atoms with van der Waals surface area (Å²) in [4.78, 5) is 14.4. The molecule has 22 heavy (non-hydrogen) atoms. The molecule has 1 heterocycles. The maximum Gasteiger partial charge on any atom is 0.226 e. The van der Waals surface area contributed by atoms with Crippen molar-refractivity contribution >= 4 is 5.91 Å². The number of hydrogen-bond acceptors (Lipinski definition) is 3. The quantitative estimate of drug-likeness (QED) is 0.878. The van der Waals surface area contributed by atoms with Crippen LogP contribution in [0.3, 0.4) is 0 Å². The molecule has 0 spiro atoms. The largest absolute Gasteiger partial charge is 0.493 e. The second kappa shape index (κ2) is 7.63. The fraction of sp³-hybridized carbons (Fsp3) is 0.611. The number of rotatable bonds is 6. The zero-order valence-corrected chi connectivity index (χ0v) is 14.2. The van der Waals surface area contributed by atoms with Gasteiger partial charge in [-0.15, -0.1) is 0 Å². The number of likely N-dealkylation sites (N-methyl/N-ethyl adjacent to an activating group) is 1. The second-order valence-corrected chi connectivity index (χ2v) is 6.24. The molecule has 0 aliphatic carbocycles. The Morgan fingerprint density at radius 1 is 1.36 bits per heavy atom. The van der Waals surface area contributed by atoms with E-state index >= 15 is 0 Å². The lowest BCUT2D eigenvalue weighted by Gasteiger charge is -2.24. The third-order valence-electron chi connectivity index (χ3n) is 4.47. The van der Waals surface area contributed by atoms with Gasteiger partial charge in [0.15, 0.2) is 0 Å². The Labute approximate surface area is 133 Å². The van der Waals surface area contributed by atoms with Gasteiger partial charge >= 0.3 is 0 Å². The van der Waals surface area contributed by atoms with Crippen LogP contribution in [0, 0.1) is 20.8 Å². The van der Waals surface area contributed by atoms with Gasteiger partial charge in [-0.1, -0.05) is 6.07 Å². The van der Waals surface area contributed by atoms with E-state index in [0.717, 1.165) is 37.2 Å². The van der Waals surface area contributed by atoms with Gasteiger partial charge in [0, 0.05) is 19.1 Å². The number of amides is 1. The summed E-state index contributed by atoms with van der Waals surface area (Å²) in [6.45, 7) is 8.43. The topological polar surface area (TPSA) is 41.6 Å². The van der Waals surface area contributed by atoms with Crippen molar-refractivity contribution in [1.82, 2.24) is 10.2 Å². The van der Waals surface area contributed by atoms with Crippen LogP contribution >= 0.6 is 0 Å². The number of nitrogens with one attached hydrogen (secondary N) is 1. The van der Waals surface area contributed by atoms with Crippen LogP contribution in [0.4, 0.5) is 0 Å². The summed E-state index contributed by atoms with van der Waals surface area (Å²) < 4.78 is 5.86. The number of carbonyl (C=O) groups is 1. The van der Waals surface area contributed by atoms with Crippen LogP contribution in [-0.4, -0.2) is 43.6 Å². The molecule has 1 aromatic carbocycles. The molecule has 1 aliphatic rings. The standard InChI is InChI=1S/C18H28N2O2/c1-13-10-14(2)15(3)17(11-13)22-9-7-18(21)20-8-5-6-16(20)12-19-4/h10-11,16,19H,5-9,12H2,1-4H3. The molecule has 0 bridgehead atoms. The summed E-state index contributed by atoms with van der Waals surface area (Å²) >= 11 is 0. The molecule has 1 aromatic rings. The van der Waals surface area contributed by atoms with Crippen LogP contribution in [0.25, 0.3) is 0 Å². The monoisotopic (exact) mass is 304 g/mol. The molecular weight excluding hydrogens is 276 g/mol. The SMILES string of the molecule is CNCC1CCCN1C(=O)CCOc1cc(C)cc(C)c1C. The van der Waals surface area contributed by atoms with E-state index in [1.165, 1.54) is 11.1 Å². The lowest BCUT2D eigenvalue weighted by atomic mass is 10.1. The first-order valence-corrected chi connectivity index (χ1v) is 8.17. The summed E-state index contributed by atoms with van der Waals surface area (Å²) in [5.74, 6) is 1.11. The Morgan fingerprint density at radius 2 is 2.14 bits per heavy atom. The van der Waals surface area contributed by atoms with Gasteiger partial charge in [-0.05, 0) is 63.4 Å². The molecule has 1 aliphatic heterocycles. The highest BCUT2D eigenvalue weighted by Gasteiger charge is 2.27. The van der Waals surface area contributed by atoms with E-state index < -0.39 is 0 Å². The van der Waals surface area contributed by atoms with Crippen molar-refractivity contribution in [3.63, 3.8) is 0 Å². The zero-order chi connectivity index (χ0) is 16.1. The predicted octanol–water partition coefficient (Wildman–Crippen LogP) is 2.59. The number of carbonyl (C=O) groups excluding carboxylic acids is 1. The van der Waals surface area contributed by atoms with Crippen LogP contribution in [0.15, 0.2) is 12.1 Å². The fourth-order valence-corrected chi connectivity index (χ4v) is 3.15. The highest BCUT2D eigenvalue weighted by atomic mass is 16.5. The molecule has 1 saturated heterocycles. The smallest absolute Gasteiger partial charge is 0.226 e. The van der Waals surface area contributed by atoms with Gasteiger partial charge in [0.05, 0.1) is 13.0 Å². The van der Waals surface area contributed by atoms with Crippen molar-refractivity contribution in [3.8, 4) is 5.75 Å². The van der Waals surface area contributed by atoms with E-state index in [1.807, 2.05) is 18.0 Å². The average molecular weight is 304 g/mol. The van der Waals surface area contributed by atoms with Crippen LogP contribution in [0.1, 0.15) is 36.0 Å². The van der Waals surface area contributed by atoms with E-state index in [-0.39, 0.29) is 5.91 Å². The Morgan fingerprint density at radius 3 is 2.86 bits per heavy atom. The summed E-state index contributed by atoms with van der Waals surface area (Å²) in [5.41, 5.74) is 3.58. The van der Waals surface area contributed by atoms with E-state index in [4.69, 9.17) is 4.74 Å². The Balaban J connectivity index is 1.87. The summed E-state index contributed by atoms with van der Waals surface area (Å²) in [5, 5.41) is 3.17. The number of ether oxygens (including phenoxy) is 1. The first-order chi connectivity index (χ1) is 10.5. The molecule has 4 nitrogen and oxygen atoms in total. The van der Waals surface area contributed by atoms with E-state index in [1.54, 1.807) is 0 Å². The third kappa shape index (κ3) is 4.01. The van der Waals surface area contributed by atoms with Gasteiger partial charge in [-0.3, -0.25) is 4.79 Å². The minimum Gasteiger partial charge on any atom is -0.493 e. The molecule has 1 N–H and O–H groups in total. The number of nitrogens with zero attached hydrogens (tertiary/aromatic N) is 1. The molecular formula is C18H28N2O2. The number of likely N-dealkylation sites (tertiary alicyclic amines) is 1. The van der Waals surface area contributed by atoms with E-state index in [0.29, 0.717) is 19.1 Å². The first-order valence-electron chi connectivity index (χ1n) is 8.17. The molecule has 0 radical (unpaired) electrons. The van der Waals surface area contributed by atoms with Crippen LogP contribution in [0.5, 0.6) is 5.75 Å². The molecule has 1 unspecified atom stereocenters. The Bertz CT molecular complexity index is 528. The van der Waals surface area contributed by atoms with Crippen LogP contribution in [0.2, 0.25) is 0 Å². The first kappa shape index (κ1) is 16.8. The summed E-state index contributed by atoms with van der Waals surface area (Å²) in [6, 6.07) is 4.55. The molecule has 1 fully saturated rings. The van der Waals surface area contributed by atoms with Gasteiger partial charge in [0.1, 0.15) is 5.75 Å². The number of benzene rings is 1. The zero-order valence-electron chi connectivity index (χ0n) is 14.2. The fourth-order valence-electron chi connectivity index (χ4n) is 3.15. The van der Waals surface area contributed by atoms with Gasteiger partial charge in [-0.25, -0.2) is 0 Å². The van der Waals surface area contributed by atoms with Crippen molar-refractivity contribution in [2.45, 2.75) is 46.1 Å². The Hall–Kier alpha value is -1.55. The molecule has 1 amide bonds. The number of hydrogen-bond donors (Lipinski definition) is 1. The molecule has 4 heteroatoms. The highest BCUT2D eigenvalue weighted by molar-refractivity contribution is 5.77. The van der Waals surface area contributed by atoms with Crippen molar-refractivity contribution in [3.05, 3.63) is 28.8 Å². The van der Waals surface area contributed by atoms with Gasteiger partial charge in [0.25, 0.3) is 0 Å². The van der Waals surface area contributed by atoms with E-state index in [2.05, 4.69) is 32.2 Å². The lowest BCUT2D eigenvalue weighted by Crippen LogP contribution is -2.41. The average Bonchev–Trinajstić information content (AvgIpc) is 2.92. The van der Waals surface area contributed by atoms with Gasteiger partial charge in [-0.2, -0.15) is 0 Å². The molecule has 0 aromatic heterocycles. The van der Waals surface area contributed by atoms with Crippen LogP contribution < -0.4 is 10.1 Å².